The van der Waals surface area contributed by atoms with Gasteiger partial charge in [-0.15, -0.1) is 0 Å². The van der Waals surface area contributed by atoms with Gasteiger partial charge in [-0.3, -0.25) is 4.79 Å². The molecule has 6 rings (SSSR count). The number of amides is 1. The van der Waals surface area contributed by atoms with E-state index in [1.807, 2.05) is 24.3 Å². The monoisotopic (exact) mass is 529 g/mol. The molecule has 0 aliphatic carbocycles. The number of hydrogen-bond acceptors (Lipinski definition) is 7. The lowest BCUT2D eigenvalue weighted by Gasteiger charge is -2.22. The molecule has 1 atom stereocenters. The summed E-state index contributed by atoms with van der Waals surface area (Å²) in [6, 6.07) is 15.5. The Bertz CT molecular complexity index is 1720. The topological polar surface area (TPSA) is 123 Å². The van der Waals surface area contributed by atoms with Gasteiger partial charge in [-0.2, -0.15) is 14.8 Å². The van der Waals surface area contributed by atoms with E-state index >= 15 is 0 Å². The molecule has 1 fully saturated rings. The first kappa shape index (κ1) is 24.3. The van der Waals surface area contributed by atoms with Crippen LogP contribution in [0, 0.1) is 0 Å². The fraction of sp³-hybridized carbons (Fsp3) is 0.259. The summed E-state index contributed by atoms with van der Waals surface area (Å²) in [7, 11) is -3.96. The maximum absolute atomic E-state index is 13.9. The van der Waals surface area contributed by atoms with Crippen molar-refractivity contribution in [2.45, 2.75) is 36.6 Å². The molecular formula is C27H27N7O3S. The van der Waals surface area contributed by atoms with E-state index in [9.17, 15) is 13.2 Å². The molecule has 1 saturated heterocycles. The van der Waals surface area contributed by atoms with E-state index < -0.39 is 10.0 Å². The lowest BCUT2D eigenvalue weighted by Crippen LogP contribution is -2.47. The molecule has 11 heteroatoms. The number of pyridine rings is 1. The van der Waals surface area contributed by atoms with Gasteiger partial charge in [-0.25, -0.2) is 17.4 Å². The number of fused-ring (bicyclic) bond motifs is 2. The molecule has 5 aromatic rings. The minimum atomic E-state index is -3.96. The number of carbonyl (C=O) groups is 1. The van der Waals surface area contributed by atoms with Crippen molar-refractivity contribution in [3.8, 4) is 11.1 Å². The van der Waals surface area contributed by atoms with E-state index in [-0.39, 0.29) is 16.8 Å². The Morgan fingerprint density at radius 2 is 1.89 bits per heavy atom. The minimum absolute atomic E-state index is 0.0593. The number of piperidine rings is 1. The minimum Gasteiger partial charge on any atom is -0.354 e. The van der Waals surface area contributed by atoms with Crippen LogP contribution in [0.5, 0.6) is 0 Å². The predicted octanol–water partition coefficient (Wildman–Crippen LogP) is 2.78. The Morgan fingerprint density at radius 1 is 1.03 bits per heavy atom. The highest BCUT2D eigenvalue weighted by atomic mass is 32.2. The van der Waals surface area contributed by atoms with Crippen molar-refractivity contribution in [1.29, 1.82) is 0 Å². The first-order valence-electron chi connectivity index (χ1n) is 12.6. The van der Waals surface area contributed by atoms with Gasteiger partial charge in [-0.05, 0) is 61.3 Å². The zero-order valence-corrected chi connectivity index (χ0v) is 21.4. The molecule has 2 N–H and O–H groups in total. The first-order chi connectivity index (χ1) is 18.5. The molecule has 5 heterocycles. The lowest BCUT2D eigenvalue weighted by atomic mass is 10.0. The number of rotatable bonds is 7. The third-order valence-electron chi connectivity index (χ3n) is 6.92. The molecule has 194 valence electrons. The van der Waals surface area contributed by atoms with E-state index in [1.54, 1.807) is 48.9 Å². The highest BCUT2D eigenvalue weighted by Crippen LogP contribution is 2.34. The molecule has 10 nitrogen and oxygen atoms in total. The van der Waals surface area contributed by atoms with Gasteiger partial charge in [-0.1, -0.05) is 24.6 Å². The molecule has 38 heavy (non-hydrogen) atoms. The molecule has 1 aliphatic rings. The molecule has 0 saturated carbocycles. The standard InChI is InChI=1S/C27H27N7O3S/c35-27(24-9-4-5-13-28-24)30-15-11-19-17-22-21(23-18-32-34-25(23)10-6-14-31-34)12-16-29-26(22)33(19)38(36,37)20-7-2-1-3-8-20/h1-3,6-8,10,12,14,16-18,24,28H,4-5,9,11,13,15H2,(H,30,35)/t24-/m0/s1. The second kappa shape index (κ2) is 9.99. The molecule has 1 amide bonds. The van der Waals surface area contributed by atoms with Crippen LogP contribution in [-0.4, -0.2) is 57.2 Å². The summed E-state index contributed by atoms with van der Waals surface area (Å²) in [5.74, 6) is -0.0593. The zero-order valence-electron chi connectivity index (χ0n) is 20.6. The van der Waals surface area contributed by atoms with Crippen LogP contribution < -0.4 is 10.6 Å². The van der Waals surface area contributed by atoms with Crippen molar-refractivity contribution in [2.75, 3.05) is 13.1 Å². The summed E-state index contributed by atoms with van der Waals surface area (Å²) in [4.78, 5) is 17.3. The molecule has 0 spiro atoms. The Labute approximate surface area is 219 Å². The van der Waals surface area contributed by atoms with Crippen molar-refractivity contribution in [2.24, 2.45) is 0 Å². The highest BCUT2D eigenvalue weighted by Gasteiger charge is 2.26. The van der Waals surface area contributed by atoms with Gasteiger partial charge in [0.25, 0.3) is 10.0 Å². The van der Waals surface area contributed by atoms with Gasteiger partial charge in [0, 0.05) is 42.0 Å². The fourth-order valence-electron chi connectivity index (χ4n) is 5.06. The van der Waals surface area contributed by atoms with Crippen LogP contribution >= 0.6 is 0 Å². The maximum atomic E-state index is 13.9. The molecular weight excluding hydrogens is 502 g/mol. The van der Waals surface area contributed by atoms with Crippen LogP contribution in [0.15, 0.2) is 78.1 Å². The van der Waals surface area contributed by atoms with Crippen LogP contribution in [0.1, 0.15) is 25.0 Å². The number of nitrogens with one attached hydrogen (secondary N) is 2. The van der Waals surface area contributed by atoms with Gasteiger partial charge in [0.2, 0.25) is 5.91 Å². The number of hydrogen-bond donors (Lipinski definition) is 2. The fourth-order valence-corrected chi connectivity index (χ4v) is 6.59. The lowest BCUT2D eigenvalue weighted by molar-refractivity contribution is -0.123. The normalized spacial score (nSPS) is 16.2. The van der Waals surface area contributed by atoms with Crippen LogP contribution in [0.4, 0.5) is 0 Å². The Morgan fingerprint density at radius 3 is 2.71 bits per heavy atom. The molecule has 0 radical (unpaired) electrons. The van der Waals surface area contributed by atoms with E-state index in [1.165, 1.54) is 8.60 Å². The van der Waals surface area contributed by atoms with Crippen molar-refractivity contribution in [3.63, 3.8) is 0 Å². The molecule has 4 aromatic heterocycles. The van der Waals surface area contributed by atoms with E-state index in [0.29, 0.717) is 29.7 Å². The van der Waals surface area contributed by atoms with Gasteiger partial charge in [0.1, 0.15) is 0 Å². The van der Waals surface area contributed by atoms with Crippen LogP contribution in [-0.2, 0) is 21.2 Å². The Kier molecular flexibility index (Phi) is 6.38. The number of carbonyl (C=O) groups excluding carboxylic acids is 1. The average Bonchev–Trinajstić information content (AvgIpc) is 3.56. The Balaban J connectivity index is 1.43. The van der Waals surface area contributed by atoms with Gasteiger partial charge >= 0.3 is 0 Å². The van der Waals surface area contributed by atoms with E-state index in [0.717, 1.165) is 42.5 Å². The zero-order chi connectivity index (χ0) is 26.1. The number of nitrogens with zero attached hydrogens (tertiary/aromatic N) is 5. The summed E-state index contributed by atoms with van der Waals surface area (Å²) in [5.41, 5.74) is 3.28. The molecule has 1 aliphatic heterocycles. The summed E-state index contributed by atoms with van der Waals surface area (Å²) < 4.78 is 30.6. The van der Waals surface area contributed by atoms with Crippen molar-refractivity contribution >= 4 is 32.5 Å². The second-order valence-corrected chi connectivity index (χ2v) is 11.1. The third kappa shape index (κ3) is 4.33. The van der Waals surface area contributed by atoms with Gasteiger partial charge in [0.05, 0.1) is 22.7 Å². The molecule has 0 unspecified atom stereocenters. The van der Waals surface area contributed by atoms with Crippen LogP contribution in [0.2, 0.25) is 0 Å². The van der Waals surface area contributed by atoms with Gasteiger partial charge < -0.3 is 10.6 Å². The molecule has 1 aromatic carbocycles. The summed E-state index contributed by atoms with van der Waals surface area (Å²) in [6.07, 6.45) is 8.19. The molecule has 0 bridgehead atoms. The SMILES string of the molecule is O=C(NCCc1cc2c(-c3cnn4ncccc34)ccnc2n1S(=O)(=O)c1ccccc1)[C@@H]1CCCCN1. The van der Waals surface area contributed by atoms with Crippen LogP contribution in [0.3, 0.4) is 0 Å². The second-order valence-electron chi connectivity index (χ2n) is 9.31. The van der Waals surface area contributed by atoms with Crippen molar-refractivity contribution in [3.05, 3.63) is 78.9 Å². The quantitative estimate of drug-likeness (QED) is 0.332. The summed E-state index contributed by atoms with van der Waals surface area (Å²) in [5, 5.41) is 15.5. The van der Waals surface area contributed by atoms with Crippen molar-refractivity contribution in [1.82, 2.24) is 34.4 Å². The van der Waals surface area contributed by atoms with Gasteiger partial charge in [0.15, 0.2) is 5.65 Å². The predicted molar refractivity (Wildman–Crippen MR) is 143 cm³/mol. The van der Waals surface area contributed by atoms with E-state index in [4.69, 9.17) is 0 Å². The number of benzene rings is 1. The van der Waals surface area contributed by atoms with Crippen LogP contribution in [0.25, 0.3) is 27.7 Å². The third-order valence-corrected chi connectivity index (χ3v) is 8.67. The largest absolute Gasteiger partial charge is 0.354 e. The Hall–Kier alpha value is -4.09. The maximum Gasteiger partial charge on any atom is 0.269 e. The highest BCUT2D eigenvalue weighted by molar-refractivity contribution is 7.90. The number of aromatic nitrogens is 5. The first-order valence-corrected chi connectivity index (χ1v) is 14.1. The average molecular weight is 530 g/mol. The summed E-state index contributed by atoms with van der Waals surface area (Å²) >= 11 is 0. The summed E-state index contributed by atoms with van der Waals surface area (Å²) in [6.45, 7) is 1.13. The van der Waals surface area contributed by atoms with E-state index in [2.05, 4.69) is 25.8 Å². The smallest absolute Gasteiger partial charge is 0.269 e. The van der Waals surface area contributed by atoms with Crippen molar-refractivity contribution < 1.29 is 13.2 Å².